The van der Waals surface area contributed by atoms with E-state index in [2.05, 4.69) is 4.74 Å². The molecule has 0 aromatic heterocycles. The average Bonchev–Trinajstić information content (AvgIpc) is 2.80. The van der Waals surface area contributed by atoms with Crippen LogP contribution in [0.3, 0.4) is 0 Å². The predicted molar refractivity (Wildman–Crippen MR) is 111 cm³/mol. The van der Waals surface area contributed by atoms with Gasteiger partial charge in [0.15, 0.2) is 11.5 Å². The molecular weight excluding hydrogens is 732 g/mol. The summed E-state index contributed by atoms with van der Waals surface area (Å²) >= 11 is 0. The Morgan fingerprint density at radius 3 is 1.21 bits per heavy atom. The number of alkyl halides is 16. The number of benzene rings is 2. The molecule has 0 aliphatic carbocycles. The van der Waals surface area contributed by atoms with E-state index in [1.165, 1.54) is 0 Å². The molecule has 270 valence electrons. The SMILES string of the molecule is O=[N+]([O-])c1cc(C(c2ccc(O)c([N+](=O)[O-])c2)(C(F)(F)F)C(F)(F)OC(F)(F)C(F)(F)OC(F)(F)OC(F)(F)OC(F)(F)F)ccc1O. The molecule has 2 N–H and O–H groups in total. The zero-order chi connectivity index (χ0) is 37.7. The lowest BCUT2D eigenvalue weighted by Gasteiger charge is -2.43. The molecule has 0 atom stereocenters. The molecule has 0 saturated heterocycles. The van der Waals surface area contributed by atoms with Gasteiger partial charge >= 0.3 is 54.8 Å². The summed E-state index contributed by atoms with van der Waals surface area (Å²) in [5.41, 5.74) is -14.7. The van der Waals surface area contributed by atoms with Crippen molar-refractivity contribution in [3.63, 3.8) is 0 Å². The lowest BCUT2D eigenvalue weighted by molar-refractivity contribution is -0.605. The van der Waals surface area contributed by atoms with Crippen LogP contribution in [0.15, 0.2) is 36.4 Å². The van der Waals surface area contributed by atoms with E-state index in [4.69, 9.17) is 0 Å². The monoisotopic (exact) mass is 740 g/mol. The minimum absolute atomic E-state index is 0.185. The number of ether oxygens (including phenoxy) is 4. The van der Waals surface area contributed by atoms with E-state index in [-0.39, 0.29) is 24.3 Å². The van der Waals surface area contributed by atoms with Gasteiger partial charge in [0.1, 0.15) is 0 Å². The molecule has 0 fully saturated rings. The Balaban J connectivity index is 2.87. The van der Waals surface area contributed by atoms with E-state index in [1.54, 1.807) is 14.2 Å². The van der Waals surface area contributed by atoms with Crippen LogP contribution in [0.25, 0.3) is 0 Å². The fourth-order valence-electron chi connectivity index (χ4n) is 3.62. The maximum Gasteiger partial charge on any atom is 0.529 e. The van der Waals surface area contributed by atoms with E-state index in [1.807, 2.05) is 0 Å². The van der Waals surface area contributed by atoms with Crippen LogP contribution < -0.4 is 0 Å². The van der Waals surface area contributed by atoms with Gasteiger partial charge in [-0.15, -0.1) is 30.7 Å². The number of aromatic hydroxyl groups is 2. The number of nitro benzene ring substituents is 2. The van der Waals surface area contributed by atoms with Crippen LogP contribution in [0.5, 0.6) is 11.5 Å². The van der Waals surface area contributed by atoms with E-state index in [0.717, 1.165) is 0 Å². The van der Waals surface area contributed by atoms with Gasteiger partial charge in [-0.2, -0.15) is 44.3 Å². The van der Waals surface area contributed by atoms with Gasteiger partial charge in [0, 0.05) is 12.1 Å². The molecule has 48 heavy (non-hydrogen) atoms. The van der Waals surface area contributed by atoms with Crippen LogP contribution >= 0.6 is 0 Å². The second-order valence-corrected chi connectivity index (χ2v) is 8.50. The highest BCUT2D eigenvalue weighted by Gasteiger charge is 2.78. The number of phenols is 2. The van der Waals surface area contributed by atoms with Gasteiger partial charge < -0.3 is 10.2 Å². The topological polar surface area (TPSA) is 164 Å². The third-order valence-electron chi connectivity index (χ3n) is 5.39. The van der Waals surface area contributed by atoms with Crippen LogP contribution in [0.4, 0.5) is 81.6 Å². The van der Waals surface area contributed by atoms with Crippen LogP contribution in [0.1, 0.15) is 11.1 Å². The molecule has 2 rings (SSSR count). The van der Waals surface area contributed by atoms with Crippen LogP contribution in [0.2, 0.25) is 0 Å². The van der Waals surface area contributed by atoms with Gasteiger partial charge in [-0.1, -0.05) is 12.1 Å². The van der Waals surface area contributed by atoms with Crippen molar-refractivity contribution in [3.05, 3.63) is 67.8 Å². The Hall–Kier alpha value is -4.44. The van der Waals surface area contributed by atoms with E-state index in [0.29, 0.717) is 0 Å². The van der Waals surface area contributed by atoms with Crippen molar-refractivity contribution < 1.29 is 109 Å². The van der Waals surface area contributed by atoms with Crippen molar-refractivity contribution in [2.45, 2.75) is 48.9 Å². The summed E-state index contributed by atoms with van der Waals surface area (Å²) in [5.74, 6) is -3.25. The molecule has 0 saturated carbocycles. The number of nitro groups is 2. The van der Waals surface area contributed by atoms with Crippen molar-refractivity contribution >= 4 is 11.4 Å². The van der Waals surface area contributed by atoms with Crippen molar-refractivity contribution in [1.82, 2.24) is 0 Å². The number of halogens is 16. The first-order chi connectivity index (χ1) is 21.2. The summed E-state index contributed by atoms with van der Waals surface area (Å²) < 4.78 is 228. The lowest BCUT2D eigenvalue weighted by Crippen LogP contribution is -2.62. The van der Waals surface area contributed by atoms with Crippen LogP contribution in [0, 0.1) is 20.2 Å². The molecule has 2 aromatic rings. The molecule has 0 unspecified atom stereocenters. The molecule has 0 aliphatic rings. The quantitative estimate of drug-likeness (QED) is 0.0927. The smallest absolute Gasteiger partial charge is 0.502 e. The molecule has 0 aliphatic heterocycles. The Labute approximate surface area is 249 Å². The van der Waals surface area contributed by atoms with Gasteiger partial charge in [0.2, 0.25) is 5.41 Å². The van der Waals surface area contributed by atoms with E-state index in [9.17, 15) is 91.9 Å². The Morgan fingerprint density at radius 1 is 0.521 bits per heavy atom. The summed E-state index contributed by atoms with van der Waals surface area (Å²) in [7, 11) is 0. The fraction of sp³-hybridized carbons (Fsp3) is 0.400. The number of phenolic OH excluding ortho intramolecular Hbond substituents is 2. The van der Waals surface area contributed by atoms with Crippen molar-refractivity contribution in [2.75, 3.05) is 0 Å². The van der Waals surface area contributed by atoms with Crippen LogP contribution in [-0.4, -0.2) is 63.5 Å². The van der Waals surface area contributed by atoms with Crippen LogP contribution in [-0.2, 0) is 24.4 Å². The van der Waals surface area contributed by atoms with Gasteiger partial charge in [0.25, 0.3) is 0 Å². The Bertz CT molecular complexity index is 1480. The molecule has 0 spiro atoms. The first kappa shape index (κ1) is 39.7. The average molecular weight is 740 g/mol. The fourth-order valence-corrected chi connectivity index (χ4v) is 3.62. The maximum atomic E-state index is 15.6. The first-order valence-electron chi connectivity index (χ1n) is 11.0. The summed E-state index contributed by atoms with van der Waals surface area (Å²) in [4.78, 5) is 18.8. The molecule has 28 heteroatoms. The zero-order valence-corrected chi connectivity index (χ0v) is 21.6. The second kappa shape index (κ2) is 12.2. The van der Waals surface area contributed by atoms with Crippen molar-refractivity contribution in [1.29, 1.82) is 0 Å². The highest BCUT2D eigenvalue weighted by Crippen LogP contribution is 2.60. The second-order valence-electron chi connectivity index (χ2n) is 8.50. The highest BCUT2D eigenvalue weighted by molar-refractivity contribution is 5.57. The Morgan fingerprint density at radius 2 is 0.875 bits per heavy atom. The third kappa shape index (κ3) is 7.98. The number of nitrogens with zero attached hydrogens (tertiary/aromatic N) is 2. The normalized spacial score (nSPS) is 14.2. The highest BCUT2D eigenvalue weighted by atomic mass is 19.4. The van der Waals surface area contributed by atoms with E-state index >= 15 is 8.78 Å². The molecule has 2 aromatic carbocycles. The molecule has 0 heterocycles. The molecule has 0 amide bonds. The van der Waals surface area contributed by atoms with Gasteiger partial charge in [-0.25, -0.2) is 14.2 Å². The first-order valence-corrected chi connectivity index (χ1v) is 11.0. The molecular formula is C20H8F16N2O10. The van der Waals surface area contributed by atoms with E-state index < -0.39 is 105 Å². The molecule has 0 bridgehead atoms. The third-order valence-corrected chi connectivity index (χ3v) is 5.39. The number of hydrogen-bond donors (Lipinski definition) is 2. The van der Waals surface area contributed by atoms with Crippen molar-refractivity contribution in [2.24, 2.45) is 0 Å². The summed E-state index contributed by atoms with van der Waals surface area (Å²) in [6.45, 7) is 0. The Kier molecular flexibility index (Phi) is 10.1. The number of hydrogen-bond acceptors (Lipinski definition) is 10. The largest absolute Gasteiger partial charge is 0.529 e. The standard InChI is InChI=1S/C20H8F16N2O10/c21-14(22,23)13(7-1-3-11(39)9(5-7)37(41)42,8-2-4-12(40)10(6-8)38(43)44)15(24,25)45-16(26,27)17(28,29)46-19(33,34)48-20(35,36)47-18(30,31)32/h1-6,39-40H. The summed E-state index contributed by atoms with van der Waals surface area (Å²) in [6, 6.07) is -2.43. The predicted octanol–water partition coefficient (Wildman–Crippen LogP) is 7.23. The van der Waals surface area contributed by atoms with Gasteiger partial charge in [-0.05, 0) is 23.3 Å². The molecule has 0 radical (unpaired) electrons. The minimum Gasteiger partial charge on any atom is -0.502 e. The minimum atomic E-state index is -7.65. The number of rotatable bonds is 13. The lowest BCUT2D eigenvalue weighted by atomic mass is 9.72. The zero-order valence-electron chi connectivity index (χ0n) is 21.6. The van der Waals surface area contributed by atoms with Gasteiger partial charge in [-0.3, -0.25) is 20.2 Å². The molecule has 12 nitrogen and oxygen atoms in total. The van der Waals surface area contributed by atoms with Gasteiger partial charge in [0.05, 0.1) is 9.85 Å². The summed E-state index contributed by atoms with van der Waals surface area (Å²) in [6.07, 6.45) is -50.0. The maximum absolute atomic E-state index is 15.6. The van der Waals surface area contributed by atoms with Crippen molar-refractivity contribution in [3.8, 4) is 11.5 Å². The summed E-state index contributed by atoms with van der Waals surface area (Å²) in [5, 5.41) is 41.4.